The van der Waals surface area contributed by atoms with E-state index in [9.17, 15) is 14.4 Å². The van der Waals surface area contributed by atoms with Crippen molar-refractivity contribution in [3.63, 3.8) is 0 Å². The monoisotopic (exact) mass is 390 g/mol. The van der Waals surface area contributed by atoms with Crippen LogP contribution in [0.2, 0.25) is 5.02 Å². The number of amides is 4. The van der Waals surface area contributed by atoms with Crippen molar-refractivity contribution >= 4 is 35.5 Å². The number of nitrogens with one attached hydrogen (secondary N) is 1. The molecule has 2 aliphatic rings. The molecule has 1 aromatic carbocycles. The molecule has 1 aromatic rings. The van der Waals surface area contributed by atoms with Gasteiger partial charge in [-0.15, -0.1) is 0 Å². The predicted molar refractivity (Wildman–Crippen MR) is 102 cm³/mol. The molecular weight excluding hydrogens is 368 g/mol. The van der Waals surface area contributed by atoms with Gasteiger partial charge in [0, 0.05) is 6.04 Å². The Morgan fingerprint density at radius 3 is 2.63 bits per heavy atom. The fourth-order valence-corrected chi connectivity index (χ4v) is 3.57. The molecule has 1 N–H and O–H groups in total. The van der Waals surface area contributed by atoms with Gasteiger partial charge in [-0.05, 0) is 50.0 Å². The zero-order valence-electron chi connectivity index (χ0n) is 15.5. The van der Waals surface area contributed by atoms with Crippen LogP contribution in [0.4, 0.5) is 4.79 Å². The third-order valence-electron chi connectivity index (χ3n) is 4.99. The highest BCUT2D eigenvalue weighted by Crippen LogP contribution is 2.30. The average molecular weight is 391 g/mol. The molecule has 0 unspecified atom stereocenters. The van der Waals surface area contributed by atoms with Crippen molar-refractivity contribution in [1.82, 2.24) is 10.2 Å². The van der Waals surface area contributed by atoms with Crippen LogP contribution in [-0.2, 0) is 9.59 Å². The largest absolute Gasteiger partial charge is 0.489 e. The number of urea groups is 1. The Morgan fingerprint density at radius 1 is 1.30 bits per heavy atom. The molecule has 0 bridgehead atoms. The first-order valence-electron chi connectivity index (χ1n) is 9.27. The highest BCUT2D eigenvalue weighted by atomic mass is 35.5. The van der Waals surface area contributed by atoms with E-state index in [0.717, 1.165) is 32.1 Å². The van der Waals surface area contributed by atoms with Crippen LogP contribution in [0.5, 0.6) is 5.75 Å². The van der Waals surface area contributed by atoms with Crippen LogP contribution < -0.4 is 10.1 Å². The van der Waals surface area contributed by atoms with Gasteiger partial charge in [-0.2, -0.15) is 0 Å². The van der Waals surface area contributed by atoms with Crippen molar-refractivity contribution in [2.75, 3.05) is 0 Å². The Hall–Kier alpha value is -2.34. The van der Waals surface area contributed by atoms with Gasteiger partial charge in [0.1, 0.15) is 11.3 Å². The molecule has 0 spiro atoms. The van der Waals surface area contributed by atoms with Crippen LogP contribution in [0.15, 0.2) is 23.8 Å². The lowest BCUT2D eigenvalue weighted by atomic mass is 10.1. The summed E-state index contributed by atoms with van der Waals surface area (Å²) in [6, 6.07) is 4.30. The van der Waals surface area contributed by atoms with Crippen LogP contribution in [0.25, 0.3) is 6.08 Å². The maximum absolute atomic E-state index is 12.8. The van der Waals surface area contributed by atoms with Crippen molar-refractivity contribution in [3.05, 3.63) is 34.4 Å². The Kier molecular flexibility index (Phi) is 5.85. The van der Waals surface area contributed by atoms with Gasteiger partial charge >= 0.3 is 6.03 Å². The molecule has 0 aromatic heterocycles. The molecule has 1 heterocycles. The number of ether oxygens (including phenoxy) is 1. The first kappa shape index (κ1) is 19.4. The summed E-state index contributed by atoms with van der Waals surface area (Å²) in [5.74, 6) is -0.683. The summed E-state index contributed by atoms with van der Waals surface area (Å²) in [6.45, 7) is 3.97. The van der Waals surface area contributed by atoms with Crippen LogP contribution in [0.3, 0.4) is 0 Å². The van der Waals surface area contributed by atoms with E-state index in [4.69, 9.17) is 16.3 Å². The van der Waals surface area contributed by atoms with E-state index in [2.05, 4.69) is 5.32 Å². The topological polar surface area (TPSA) is 75.7 Å². The number of hydrogen-bond acceptors (Lipinski definition) is 4. The van der Waals surface area contributed by atoms with Crippen molar-refractivity contribution in [1.29, 1.82) is 0 Å². The lowest BCUT2D eigenvalue weighted by molar-refractivity contribution is -0.131. The summed E-state index contributed by atoms with van der Waals surface area (Å²) in [6.07, 6.45) is 5.84. The average Bonchev–Trinajstić information content (AvgIpc) is 3.14. The van der Waals surface area contributed by atoms with E-state index >= 15 is 0 Å². The number of halogens is 1. The van der Waals surface area contributed by atoms with E-state index in [-0.39, 0.29) is 17.7 Å². The smallest absolute Gasteiger partial charge is 0.331 e. The number of carbonyl (C=O) groups excluding carboxylic acids is 3. The van der Waals surface area contributed by atoms with E-state index in [1.807, 2.05) is 13.8 Å². The number of rotatable bonds is 5. The molecule has 3 rings (SSSR count). The molecule has 2 fully saturated rings. The third kappa shape index (κ3) is 4.16. The van der Waals surface area contributed by atoms with E-state index in [0.29, 0.717) is 16.3 Å². The molecule has 1 saturated heterocycles. The minimum Gasteiger partial charge on any atom is -0.489 e. The van der Waals surface area contributed by atoms with Crippen molar-refractivity contribution < 1.29 is 19.1 Å². The normalized spacial score (nSPS) is 20.9. The van der Waals surface area contributed by atoms with Crippen LogP contribution in [-0.4, -0.2) is 34.9 Å². The number of nitrogens with zero attached hydrogens (tertiary/aromatic N) is 1. The SMILES string of the molecule is CC[C@H](C)Oc1ccc(/C=C2\C(=O)NC(=O)N(C3CCCC3)C2=O)cc1Cl. The molecular formula is C20H23ClN2O4. The molecule has 1 aliphatic heterocycles. The first-order chi connectivity index (χ1) is 12.9. The minimum absolute atomic E-state index is 0.0309. The van der Waals surface area contributed by atoms with E-state index < -0.39 is 17.8 Å². The third-order valence-corrected chi connectivity index (χ3v) is 5.29. The van der Waals surface area contributed by atoms with Gasteiger partial charge in [0.05, 0.1) is 11.1 Å². The van der Waals surface area contributed by atoms with Crippen LogP contribution in [0.1, 0.15) is 51.5 Å². The van der Waals surface area contributed by atoms with E-state index in [1.54, 1.807) is 18.2 Å². The van der Waals surface area contributed by atoms with Crippen molar-refractivity contribution in [3.8, 4) is 5.75 Å². The highest BCUT2D eigenvalue weighted by molar-refractivity contribution is 6.33. The first-order valence-corrected chi connectivity index (χ1v) is 9.65. The summed E-state index contributed by atoms with van der Waals surface area (Å²) < 4.78 is 5.73. The van der Waals surface area contributed by atoms with Gasteiger partial charge in [-0.25, -0.2) is 4.79 Å². The molecule has 1 aliphatic carbocycles. The van der Waals surface area contributed by atoms with Gasteiger partial charge in [-0.3, -0.25) is 19.8 Å². The number of benzene rings is 1. The zero-order valence-corrected chi connectivity index (χ0v) is 16.2. The maximum atomic E-state index is 12.8. The lowest BCUT2D eigenvalue weighted by Gasteiger charge is -2.31. The van der Waals surface area contributed by atoms with E-state index in [1.165, 1.54) is 11.0 Å². The molecule has 1 saturated carbocycles. The second-order valence-electron chi connectivity index (χ2n) is 6.96. The van der Waals surface area contributed by atoms with Gasteiger partial charge < -0.3 is 4.74 Å². The second kappa shape index (κ2) is 8.13. The predicted octanol–water partition coefficient (Wildman–Crippen LogP) is 3.92. The summed E-state index contributed by atoms with van der Waals surface area (Å²) in [7, 11) is 0. The summed E-state index contributed by atoms with van der Waals surface area (Å²) in [5.41, 5.74) is 0.531. The number of imide groups is 2. The van der Waals surface area contributed by atoms with Gasteiger partial charge in [0.25, 0.3) is 11.8 Å². The minimum atomic E-state index is -0.685. The Bertz CT molecular complexity index is 799. The zero-order chi connectivity index (χ0) is 19.6. The Balaban J connectivity index is 1.86. The molecule has 1 atom stereocenters. The highest BCUT2D eigenvalue weighted by Gasteiger charge is 2.40. The fraction of sp³-hybridized carbons (Fsp3) is 0.450. The molecule has 144 valence electrons. The molecule has 0 radical (unpaired) electrons. The molecule has 4 amide bonds. The summed E-state index contributed by atoms with van der Waals surface area (Å²) in [4.78, 5) is 38.3. The van der Waals surface area contributed by atoms with Gasteiger partial charge in [0.15, 0.2) is 0 Å². The standard InChI is InChI=1S/C20H23ClN2O4/c1-3-12(2)27-17-9-8-13(11-16(17)21)10-15-18(24)22-20(26)23(19(15)25)14-6-4-5-7-14/h8-12,14H,3-7H2,1-2H3,(H,22,24,26)/b15-10+/t12-/m0/s1. The lowest BCUT2D eigenvalue weighted by Crippen LogP contribution is -2.57. The Morgan fingerprint density at radius 2 is 2.00 bits per heavy atom. The molecule has 27 heavy (non-hydrogen) atoms. The molecule has 6 nitrogen and oxygen atoms in total. The number of hydrogen-bond donors (Lipinski definition) is 1. The number of carbonyl (C=O) groups is 3. The Labute approximate surface area is 163 Å². The van der Waals surface area contributed by atoms with Crippen molar-refractivity contribution in [2.24, 2.45) is 0 Å². The van der Waals surface area contributed by atoms with Crippen LogP contribution >= 0.6 is 11.6 Å². The second-order valence-corrected chi connectivity index (χ2v) is 7.36. The van der Waals surface area contributed by atoms with Crippen molar-refractivity contribution in [2.45, 2.75) is 58.1 Å². The van der Waals surface area contributed by atoms with Gasteiger partial charge in [-0.1, -0.05) is 37.4 Å². The quantitative estimate of drug-likeness (QED) is 0.610. The summed E-state index contributed by atoms with van der Waals surface area (Å²) in [5, 5.41) is 2.67. The maximum Gasteiger partial charge on any atom is 0.331 e. The summed E-state index contributed by atoms with van der Waals surface area (Å²) >= 11 is 6.27. The van der Waals surface area contributed by atoms with Crippen LogP contribution in [0, 0.1) is 0 Å². The fourth-order valence-electron chi connectivity index (χ4n) is 3.33. The molecule has 7 heteroatoms. The number of barbiturate groups is 1. The van der Waals surface area contributed by atoms with Gasteiger partial charge in [0.2, 0.25) is 0 Å².